The van der Waals surface area contributed by atoms with E-state index in [0.717, 1.165) is 38.0 Å². The van der Waals surface area contributed by atoms with Crippen LogP contribution in [0.1, 0.15) is 113 Å². The molecule has 0 radical (unpaired) electrons. The van der Waals surface area contributed by atoms with Gasteiger partial charge in [0, 0.05) is 5.41 Å². The van der Waals surface area contributed by atoms with Gasteiger partial charge in [0.15, 0.2) is 0 Å². The standard InChI is InChI=1S/C32H52O2/c1-9-27(33)32-20-16-23(22(4)12-10-11-21(2)3)31(32,8)19-15-24-25(32)13-14-26-29(5,6)28(34)17-18-30(24,26)7/h1,13,21-24,26-28,33-34H,10-12,14-20H2,2-8H3/t22-,23-,24+,26+,27-,28+,30-,31-,32+/m1/s1. The summed E-state index contributed by atoms with van der Waals surface area (Å²) in [5.41, 5.74) is 1.39. The summed E-state index contributed by atoms with van der Waals surface area (Å²) in [7, 11) is 0. The molecule has 3 saturated carbocycles. The number of rotatable bonds is 6. The molecule has 2 N–H and O–H groups in total. The van der Waals surface area contributed by atoms with Crippen molar-refractivity contribution in [3.8, 4) is 12.3 Å². The quantitative estimate of drug-likeness (QED) is 0.315. The summed E-state index contributed by atoms with van der Waals surface area (Å²) in [6.07, 6.45) is 19.1. The van der Waals surface area contributed by atoms with Crippen LogP contribution in [0.5, 0.6) is 0 Å². The molecule has 3 fully saturated rings. The monoisotopic (exact) mass is 468 g/mol. The Kier molecular flexibility index (Phi) is 6.92. The molecule has 0 amide bonds. The highest BCUT2D eigenvalue weighted by Crippen LogP contribution is 2.74. The van der Waals surface area contributed by atoms with Gasteiger partial charge in [0.1, 0.15) is 6.10 Å². The van der Waals surface area contributed by atoms with E-state index in [9.17, 15) is 10.2 Å². The van der Waals surface area contributed by atoms with E-state index in [2.05, 4.69) is 60.5 Å². The Bertz CT molecular complexity index is 832. The van der Waals surface area contributed by atoms with Crippen LogP contribution in [0.2, 0.25) is 0 Å². The maximum absolute atomic E-state index is 11.6. The second kappa shape index (κ2) is 8.95. The van der Waals surface area contributed by atoms with Gasteiger partial charge in [-0.3, -0.25) is 0 Å². The Morgan fingerprint density at radius 3 is 2.38 bits per heavy atom. The maximum Gasteiger partial charge on any atom is 0.124 e. The molecular formula is C32H52O2. The average molecular weight is 469 g/mol. The van der Waals surface area contributed by atoms with Crippen LogP contribution >= 0.6 is 0 Å². The zero-order valence-corrected chi connectivity index (χ0v) is 23.2. The van der Waals surface area contributed by atoms with E-state index in [-0.39, 0.29) is 27.8 Å². The fourth-order valence-electron chi connectivity index (χ4n) is 10.1. The lowest BCUT2D eigenvalue weighted by atomic mass is 9.40. The Morgan fingerprint density at radius 1 is 1.03 bits per heavy atom. The molecule has 192 valence electrons. The topological polar surface area (TPSA) is 40.5 Å². The first-order valence-electron chi connectivity index (χ1n) is 14.4. The molecular weight excluding hydrogens is 416 g/mol. The Labute approximate surface area is 210 Å². The van der Waals surface area contributed by atoms with Gasteiger partial charge in [0.2, 0.25) is 0 Å². The van der Waals surface area contributed by atoms with Crippen molar-refractivity contribution in [1.82, 2.24) is 0 Å². The van der Waals surface area contributed by atoms with Crippen LogP contribution in [0.15, 0.2) is 11.6 Å². The first kappa shape index (κ1) is 26.3. The molecule has 4 rings (SSSR count). The van der Waals surface area contributed by atoms with Gasteiger partial charge >= 0.3 is 0 Å². The van der Waals surface area contributed by atoms with Crippen molar-refractivity contribution >= 4 is 0 Å². The van der Waals surface area contributed by atoms with Gasteiger partial charge in [-0.1, -0.05) is 85.3 Å². The van der Waals surface area contributed by atoms with Gasteiger partial charge in [-0.05, 0) is 90.8 Å². The third-order valence-electron chi connectivity index (χ3n) is 12.2. The molecule has 0 bridgehead atoms. The summed E-state index contributed by atoms with van der Waals surface area (Å²) >= 11 is 0. The zero-order valence-electron chi connectivity index (χ0n) is 23.2. The second-order valence-electron chi connectivity index (χ2n) is 14.3. The van der Waals surface area contributed by atoms with Crippen molar-refractivity contribution in [3.05, 3.63) is 11.6 Å². The SMILES string of the molecule is C#C[C@@H](O)[C@@]12CC[C@H]([C@H](C)CCCC(C)C)[C@@]1(C)CC[C@H]1C2=CC[C@H]2C(C)(C)[C@@H](O)CC[C@]12C. The van der Waals surface area contributed by atoms with E-state index >= 15 is 0 Å². The fraction of sp³-hybridized carbons (Fsp3) is 0.875. The Balaban J connectivity index is 1.72. The lowest BCUT2D eigenvalue weighted by Gasteiger charge is -2.65. The largest absolute Gasteiger partial charge is 0.393 e. The molecule has 2 nitrogen and oxygen atoms in total. The predicted octanol–water partition coefficient (Wildman–Crippen LogP) is 7.39. The zero-order chi connectivity index (χ0) is 25.1. The molecule has 0 aromatic heterocycles. The van der Waals surface area contributed by atoms with Crippen molar-refractivity contribution in [2.24, 2.45) is 51.2 Å². The van der Waals surface area contributed by atoms with Gasteiger partial charge < -0.3 is 10.2 Å². The fourth-order valence-corrected chi connectivity index (χ4v) is 10.1. The number of terminal acetylenes is 1. The summed E-state index contributed by atoms with van der Waals surface area (Å²) in [5, 5.41) is 22.5. The summed E-state index contributed by atoms with van der Waals surface area (Å²) in [4.78, 5) is 0. The molecule has 0 spiro atoms. The minimum Gasteiger partial charge on any atom is -0.393 e. The van der Waals surface area contributed by atoms with Gasteiger partial charge in [-0.2, -0.15) is 0 Å². The van der Waals surface area contributed by atoms with Crippen LogP contribution in [-0.2, 0) is 0 Å². The molecule has 0 aromatic carbocycles. The molecule has 4 aliphatic rings. The van der Waals surface area contributed by atoms with Gasteiger partial charge in [-0.25, -0.2) is 0 Å². The highest BCUT2D eigenvalue weighted by atomic mass is 16.3. The highest BCUT2D eigenvalue weighted by Gasteiger charge is 2.68. The maximum atomic E-state index is 11.6. The Morgan fingerprint density at radius 2 is 1.74 bits per heavy atom. The number of hydrogen-bond acceptors (Lipinski definition) is 2. The van der Waals surface area contributed by atoms with Gasteiger partial charge in [0.25, 0.3) is 0 Å². The molecule has 0 aromatic rings. The number of fused-ring (bicyclic) bond motifs is 5. The average Bonchev–Trinajstić information content (AvgIpc) is 3.10. The van der Waals surface area contributed by atoms with Crippen molar-refractivity contribution in [2.45, 2.75) is 125 Å². The smallest absolute Gasteiger partial charge is 0.124 e. The van der Waals surface area contributed by atoms with E-state index in [1.165, 1.54) is 37.7 Å². The van der Waals surface area contributed by atoms with Crippen molar-refractivity contribution in [2.75, 3.05) is 0 Å². The van der Waals surface area contributed by atoms with Crippen LogP contribution in [0.4, 0.5) is 0 Å². The molecule has 2 heteroatoms. The van der Waals surface area contributed by atoms with Crippen LogP contribution in [0, 0.1) is 63.6 Å². The highest BCUT2D eigenvalue weighted by molar-refractivity contribution is 5.37. The van der Waals surface area contributed by atoms with E-state index < -0.39 is 6.10 Å². The summed E-state index contributed by atoms with van der Waals surface area (Å²) < 4.78 is 0. The first-order valence-corrected chi connectivity index (χ1v) is 14.4. The van der Waals surface area contributed by atoms with E-state index in [4.69, 9.17) is 6.42 Å². The molecule has 34 heavy (non-hydrogen) atoms. The minimum atomic E-state index is -0.707. The van der Waals surface area contributed by atoms with E-state index in [0.29, 0.717) is 23.7 Å². The van der Waals surface area contributed by atoms with Gasteiger partial charge in [0.05, 0.1) is 6.10 Å². The van der Waals surface area contributed by atoms with Crippen LogP contribution in [0.3, 0.4) is 0 Å². The summed E-state index contributed by atoms with van der Waals surface area (Å²) in [6, 6.07) is 0. The molecule has 0 saturated heterocycles. The summed E-state index contributed by atoms with van der Waals surface area (Å²) in [5.74, 6) is 5.87. The molecule has 0 unspecified atom stereocenters. The number of aliphatic hydroxyl groups is 2. The van der Waals surface area contributed by atoms with Crippen LogP contribution < -0.4 is 0 Å². The summed E-state index contributed by atoms with van der Waals surface area (Å²) in [6.45, 7) is 16.7. The predicted molar refractivity (Wildman–Crippen MR) is 142 cm³/mol. The first-order chi connectivity index (χ1) is 15.9. The minimum absolute atomic E-state index is 0.0608. The van der Waals surface area contributed by atoms with E-state index in [1.54, 1.807) is 0 Å². The lowest BCUT2D eigenvalue weighted by molar-refractivity contribution is -0.141. The van der Waals surface area contributed by atoms with Crippen molar-refractivity contribution in [3.63, 3.8) is 0 Å². The van der Waals surface area contributed by atoms with Crippen molar-refractivity contribution < 1.29 is 10.2 Å². The third-order valence-corrected chi connectivity index (χ3v) is 12.2. The van der Waals surface area contributed by atoms with E-state index in [1.807, 2.05) is 0 Å². The van der Waals surface area contributed by atoms with Crippen molar-refractivity contribution in [1.29, 1.82) is 0 Å². The molecule has 0 aliphatic heterocycles. The number of hydrogen-bond donors (Lipinski definition) is 2. The van der Waals surface area contributed by atoms with Gasteiger partial charge in [-0.15, -0.1) is 6.42 Å². The van der Waals surface area contributed by atoms with Crippen LogP contribution in [-0.4, -0.2) is 22.4 Å². The third kappa shape index (κ3) is 3.58. The molecule has 0 heterocycles. The second-order valence-corrected chi connectivity index (χ2v) is 14.3. The number of allylic oxidation sites excluding steroid dienone is 1. The van der Waals surface area contributed by atoms with Crippen LogP contribution in [0.25, 0.3) is 0 Å². The number of aliphatic hydroxyl groups excluding tert-OH is 2. The molecule has 4 aliphatic carbocycles. The molecule has 9 atom stereocenters. The lowest BCUT2D eigenvalue weighted by Crippen LogP contribution is -2.60. The Hall–Kier alpha value is -0.780. The normalized spacial score (nSPS) is 44.9.